The molecule has 1 rings (SSSR count). The van der Waals surface area contributed by atoms with Crippen molar-refractivity contribution < 1.29 is 50.0 Å². The number of unbranched alkanes of at least 4 members (excludes halogenated alkanes) is 48. The predicted molar refractivity (Wildman–Crippen MR) is 335 cm³/mol. The number of amides is 1. The molecule has 1 aliphatic rings. The quantitative estimate of drug-likeness (QED) is 0.0215. The number of hydrogen-bond acceptors (Lipinski definition) is 10. The van der Waals surface area contributed by atoms with Gasteiger partial charge in [-0.05, 0) is 38.5 Å². The second-order valence-corrected chi connectivity index (χ2v) is 25.0. The van der Waals surface area contributed by atoms with Crippen molar-refractivity contribution in [2.75, 3.05) is 13.2 Å². The van der Waals surface area contributed by atoms with Gasteiger partial charge in [-0.3, -0.25) is 4.79 Å². The van der Waals surface area contributed by atoms with E-state index in [1.54, 1.807) is 0 Å². The van der Waals surface area contributed by atoms with E-state index in [-0.39, 0.29) is 12.8 Å². The van der Waals surface area contributed by atoms with Crippen molar-refractivity contribution >= 4 is 5.91 Å². The largest absolute Gasteiger partial charge is 0.394 e. The lowest BCUT2D eigenvalue weighted by Crippen LogP contribution is -2.60. The smallest absolute Gasteiger partial charge is 0.249 e. The van der Waals surface area contributed by atoms with Gasteiger partial charge in [0.2, 0.25) is 5.91 Å². The number of aliphatic hydroxyl groups is 7. The Labute approximate surface area is 493 Å². The zero-order valence-electron chi connectivity index (χ0n) is 52.6. The molecular weight excluding hydrogens is 1000 g/mol. The van der Waals surface area contributed by atoms with Gasteiger partial charge < -0.3 is 50.5 Å². The van der Waals surface area contributed by atoms with Gasteiger partial charge >= 0.3 is 0 Å². The Balaban J connectivity index is 2.20. The predicted octanol–water partition coefficient (Wildman–Crippen LogP) is 16.6. The van der Waals surface area contributed by atoms with Crippen LogP contribution in [0.5, 0.6) is 0 Å². The monoisotopic (exact) mass is 1140 g/mol. The first-order valence-electron chi connectivity index (χ1n) is 35.1. The van der Waals surface area contributed by atoms with Gasteiger partial charge in [-0.25, -0.2) is 0 Å². The van der Waals surface area contributed by atoms with Crippen LogP contribution in [0.3, 0.4) is 0 Å². The minimum Gasteiger partial charge on any atom is -0.394 e. The first kappa shape index (κ1) is 76.9. The maximum atomic E-state index is 13.2. The molecular formula is C69H135NO10. The first-order valence-corrected chi connectivity index (χ1v) is 35.1. The van der Waals surface area contributed by atoms with Crippen molar-refractivity contribution in [3.8, 4) is 0 Å². The highest BCUT2D eigenvalue weighted by Gasteiger charge is 2.44. The van der Waals surface area contributed by atoms with Crippen LogP contribution >= 0.6 is 0 Å². The number of carbonyl (C=O) groups is 1. The summed E-state index contributed by atoms with van der Waals surface area (Å²) in [7, 11) is 0. The van der Waals surface area contributed by atoms with Gasteiger partial charge in [0.05, 0.1) is 25.4 Å². The first-order chi connectivity index (χ1) is 39.2. The standard InChI is InChI=1S/C69H135NO10/c1-3-5-7-9-11-13-15-17-19-21-23-25-27-29-30-31-32-33-35-37-39-41-43-45-47-49-51-53-55-57-62(73)68(78)70-60(59-79-69-67(77)66(76)65(75)63(58-71)80-69)64(74)61(72)56-54-52-50-48-46-44-42-40-38-36-34-28-26-24-22-20-18-16-14-12-10-8-6-4-2/h48,50,60-67,69,71-77H,3-47,49,51-59H2,1-2H3,(H,70,78)/b50-48+. The Bertz CT molecular complexity index is 1310. The van der Waals surface area contributed by atoms with Gasteiger partial charge in [0.1, 0.15) is 36.6 Å². The zero-order valence-corrected chi connectivity index (χ0v) is 52.6. The molecule has 476 valence electrons. The average Bonchev–Trinajstić information content (AvgIpc) is 3.46. The van der Waals surface area contributed by atoms with Crippen molar-refractivity contribution in [3.05, 3.63) is 12.2 Å². The number of carbonyl (C=O) groups excluding carboxylic acids is 1. The molecule has 1 saturated heterocycles. The third-order valence-electron chi connectivity index (χ3n) is 17.3. The summed E-state index contributed by atoms with van der Waals surface area (Å²) in [5.41, 5.74) is 0. The summed E-state index contributed by atoms with van der Waals surface area (Å²) >= 11 is 0. The normalized spacial score (nSPS) is 19.2. The number of hydrogen-bond donors (Lipinski definition) is 8. The molecule has 1 heterocycles. The summed E-state index contributed by atoms with van der Waals surface area (Å²) in [4.78, 5) is 13.2. The zero-order chi connectivity index (χ0) is 58.2. The molecule has 0 aromatic carbocycles. The number of allylic oxidation sites excluding steroid dienone is 2. The highest BCUT2D eigenvalue weighted by Crippen LogP contribution is 2.24. The van der Waals surface area contributed by atoms with Crippen LogP contribution in [0, 0.1) is 0 Å². The molecule has 9 unspecified atom stereocenters. The number of ether oxygens (including phenoxy) is 2. The minimum absolute atomic E-state index is 0.260. The van der Waals surface area contributed by atoms with E-state index in [9.17, 15) is 40.5 Å². The number of nitrogens with one attached hydrogen (secondary N) is 1. The molecule has 8 N–H and O–H groups in total. The Morgan fingerprint density at radius 1 is 0.425 bits per heavy atom. The summed E-state index contributed by atoms with van der Waals surface area (Å²) in [6.07, 6.45) is 60.1. The topological polar surface area (TPSA) is 189 Å². The molecule has 0 aromatic rings. The number of rotatable bonds is 62. The summed E-state index contributed by atoms with van der Waals surface area (Å²) < 4.78 is 11.2. The van der Waals surface area contributed by atoms with Gasteiger partial charge in [0, 0.05) is 0 Å². The maximum Gasteiger partial charge on any atom is 0.249 e. The average molecular weight is 1140 g/mol. The Morgan fingerprint density at radius 3 is 1.07 bits per heavy atom. The Hall–Kier alpha value is -1.15. The van der Waals surface area contributed by atoms with E-state index in [4.69, 9.17) is 9.47 Å². The van der Waals surface area contributed by atoms with Crippen LogP contribution in [0.4, 0.5) is 0 Å². The van der Waals surface area contributed by atoms with Gasteiger partial charge in [0.15, 0.2) is 6.29 Å². The summed E-state index contributed by atoms with van der Waals surface area (Å²) in [5, 5.41) is 76.5. The SMILES string of the molecule is CCCCCCCCCCCCCCCCCCCCC/C=C/CCCC(O)C(O)C(COC1OC(CO)C(O)C(O)C1O)NC(=O)C(O)CCCCCCCCCCCCCCCCCCCCCCCCCCCCCCC. The Kier molecular flexibility index (Phi) is 56.0. The molecule has 11 heteroatoms. The van der Waals surface area contributed by atoms with Gasteiger partial charge in [-0.2, -0.15) is 0 Å². The molecule has 0 aliphatic carbocycles. The summed E-state index contributed by atoms with van der Waals surface area (Å²) in [5.74, 6) is -0.698. The van der Waals surface area contributed by atoms with Crippen LogP contribution in [-0.4, -0.2) is 110 Å². The van der Waals surface area contributed by atoms with Crippen LogP contribution in [-0.2, 0) is 14.3 Å². The molecule has 1 fully saturated rings. The van der Waals surface area contributed by atoms with Crippen LogP contribution in [0.15, 0.2) is 12.2 Å². The third kappa shape index (κ3) is 45.2. The van der Waals surface area contributed by atoms with Gasteiger partial charge in [-0.1, -0.05) is 328 Å². The Morgan fingerprint density at radius 2 is 0.738 bits per heavy atom. The van der Waals surface area contributed by atoms with E-state index in [1.165, 1.54) is 276 Å². The molecule has 9 atom stereocenters. The lowest BCUT2D eigenvalue weighted by atomic mass is 9.98. The molecule has 0 saturated carbocycles. The minimum atomic E-state index is -1.67. The highest BCUT2D eigenvalue weighted by molar-refractivity contribution is 5.80. The fraction of sp³-hybridized carbons (Fsp3) is 0.957. The van der Waals surface area contributed by atoms with Crippen molar-refractivity contribution in [2.24, 2.45) is 0 Å². The van der Waals surface area contributed by atoms with Gasteiger partial charge in [0.25, 0.3) is 0 Å². The molecule has 1 aliphatic heterocycles. The lowest BCUT2D eigenvalue weighted by Gasteiger charge is -2.40. The van der Waals surface area contributed by atoms with Gasteiger partial charge in [-0.15, -0.1) is 0 Å². The lowest BCUT2D eigenvalue weighted by molar-refractivity contribution is -0.303. The van der Waals surface area contributed by atoms with E-state index < -0.39 is 74.2 Å². The van der Waals surface area contributed by atoms with Crippen molar-refractivity contribution in [3.63, 3.8) is 0 Å². The van der Waals surface area contributed by atoms with Crippen molar-refractivity contribution in [2.45, 2.75) is 409 Å². The summed E-state index contributed by atoms with van der Waals surface area (Å²) in [6.45, 7) is 3.51. The number of aliphatic hydroxyl groups excluding tert-OH is 7. The van der Waals surface area contributed by atoms with Crippen LogP contribution in [0.2, 0.25) is 0 Å². The molecule has 0 radical (unpaired) electrons. The third-order valence-corrected chi connectivity index (χ3v) is 17.3. The second kappa shape index (κ2) is 58.2. The maximum absolute atomic E-state index is 13.2. The fourth-order valence-electron chi connectivity index (χ4n) is 11.7. The van der Waals surface area contributed by atoms with Crippen molar-refractivity contribution in [1.29, 1.82) is 0 Å². The second-order valence-electron chi connectivity index (χ2n) is 25.0. The summed E-state index contributed by atoms with van der Waals surface area (Å²) in [6, 6.07) is -1.18. The molecule has 0 spiro atoms. The van der Waals surface area contributed by atoms with E-state index >= 15 is 0 Å². The fourth-order valence-corrected chi connectivity index (χ4v) is 11.7. The van der Waals surface area contributed by atoms with E-state index in [0.29, 0.717) is 12.8 Å². The van der Waals surface area contributed by atoms with Crippen LogP contribution < -0.4 is 5.32 Å². The highest BCUT2D eigenvalue weighted by atomic mass is 16.7. The van der Waals surface area contributed by atoms with E-state index in [2.05, 4.69) is 31.3 Å². The molecule has 11 nitrogen and oxygen atoms in total. The molecule has 1 amide bonds. The van der Waals surface area contributed by atoms with E-state index in [0.717, 1.165) is 38.5 Å². The van der Waals surface area contributed by atoms with Crippen molar-refractivity contribution in [1.82, 2.24) is 5.32 Å². The van der Waals surface area contributed by atoms with Crippen LogP contribution in [0.25, 0.3) is 0 Å². The molecule has 0 bridgehead atoms. The molecule has 80 heavy (non-hydrogen) atoms. The van der Waals surface area contributed by atoms with E-state index in [1.807, 2.05) is 0 Å². The van der Waals surface area contributed by atoms with Crippen LogP contribution in [0.1, 0.15) is 354 Å². The molecule has 0 aromatic heterocycles.